The zero-order valence-electron chi connectivity index (χ0n) is 11.8. The molecule has 0 aliphatic carbocycles. The number of methoxy groups -OCH3 is 1. The van der Waals surface area contributed by atoms with Gasteiger partial charge in [0.25, 0.3) is 5.91 Å². The molecule has 1 aromatic rings. The molecule has 0 saturated heterocycles. The number of esters is 1. The summed E-state index contributed by atoms with van der Waals surface area (Å²) in [5.74, 6) is -2.48. The van der Waals surface area contributed by atoms with Crippen LogP contribution in [0.15, 0.2) is 12.1 Å². The average Bonchev–Trinajstić information content (AvgIpc) is 2.44. The van der Waals surface area contributed by atoms with E-state index in [2.05, 4.69) is 10.1 Å². The first-order valence-corrected chi connectivity index (χ1v) is 6.10. The fourth-order valence-corrected chi connectivity index (χ4v) is 1.52. The lowest BCUT2D eigenvalue weighted by molar-refractivity contribution is -0.138. The fourth-order valence-electron chi connectivity index (χ4n) is 1.52. The van der Waals surface area contributed by atoms with Crippen molar-refractivity contribution < 1.29 is 31.9 Å². The second-order valence-electron chi connectivity index (χ2n) is 4.36. The van der Waals surface area contributed by atoms with Gasteiger partial charge in [-0.05, 0) is 19.1 Å². The summed E-state index contributed by atoms with van der Waals surface area (Å²) in [5.41, 5.74) is -0.0569. The van der Waals surface area contributed by atoms with Crippen LogP contribution in [-0.2, 0) is 9.53 Å². The van der Waals surface area contributed by atoms with Gasteiger partial charge in [0.15, 0.2) is 0 Å². The van der Waals surface area contributed by atoms with Crippen molar-refractivity contribution in [2.45, 2.75) is 13.1 Å². The Morgan fingerprint density at radius 3 is 2.45 bits per heavy atom. The Morgan fingerprint density at radius 1 is 1.27 bits per heavy atom. The van der Waals surface area contributed by atoms with E-state index in [-0.39, 0.29) is 23.4 Å². The van der Waals surface area contributed by atoms with Crippen LogP contribution in [0.2, 0.25) is 0 Å². The topological polar surface area (TPSA) is 67.4 Å². The quantitative estimate of drug-likeness (QED) is 0.643. The molecule has 22 heavy (non-hydrogen) atoms. The molecule has 1 rings (SSSR count). The van der Waals surface area contributed by atoms with Crippen molar-refractivity contribution in [3.63, 3.8) is 0 Å². The Bertz CT molecular complexity index is 573. The lowest BCUT2D eigenvalue weighted by Crippen LogP contribution is -2.33. The van der Waals surface area contributed by atoms with E-state index in [1.807, 2.05) is 0 Å². The van der Waals surface area contributed by atoms with E-state index in [0.29, 0.717) is 0 Å². The van der Waals surface area contributed by atoms with E-state index in [4.69, 9.17) is 0 Å². The second kappa shape index (κ2) is 7.10. The number of carbonyl (C=O) groups is 2. The van der Waals surface area contributed by atoms with Crippen LogP contribution >= 0.6 is 0 Å². The highest BCUT2D eigenvalue weighted by Crippen LogP contribution is 2.21. The van der Waals surface area contributed by atoms with Crippen molar-refractivity contribution in [3.05, 3.63) is 29.1 Å². The molecule has 2 N–H and O–H groups in total. The highest BCUT2D eigenvalue weighted by molar-refractivity contribution is 5.95. The predicted molar refractivity (Wildman–Crippen MR) is 70.0 cm³/mol. The van der Waals surface area contributed by atoms with Crippen molar-refractivity contribution in [2.24, 2.45) is 0 Å². The summed E-state index contributed by atoms with van der Waals surface area (Å²) in [6.07, 6.45) is -4.56. The molecule has 1 aromatic carbocycles. The molecule has 0 aliphatic rings. The molecule has 9 heteroatoms. The van der Waals surface area contributed by atoms with Gasteiger partial charge in [0.2, 0.25) is 0 Å². The number of ether oxygens (including phenoxy) is 1. The maximum atomic E-state index is 13.7. The van der Waals surface area contributed by atoms with Crippen LogP contribution < -0.4 is 10.6 Å². The predicted octanol–water partition coefficient (Wildman–Crippen LogP) is 2.01. The van der Waals surface area contributed by atoms with Gasteiger partial charge < -0.3 is 15.4 Å². The molecule has 122 valence electrons. The number of hydrogen-bond acceptors (Lipinski definition) is 4. The number of halogens is 4. The maximum Gasteiger partial charge on any atom is 0.405 e. The van der Waals surface area contributed by atoms with Gasteiger partial charge in [-0.2, -0.15) is 13.2 Å². The van der Waals surface area contributed by atoms with Gasteiger partial charge >= 0.3 is 12.1 Å². The van der Waals surface area contributed by atoms with Gasteiger partial charge in [-0.3, -0.25) is 9.59 Å². The molecule has 0 aromatic heterocycles. The number of amides is 1. The molecular weight excluding hydrogens is 308 g/mol. The third-order valence-corrected chi connectivity index (χ3v) is 2.71. The summed E-state index contributed by atoms with van der Waals surface area (Å²) < 4.78 is 54.3. The number of hydrogen-bond donors (Lipinski definition) is 2. The minimum absolute atomic E-state index is 0.113. The van der Waals surface area contributed by atoms with Crippen molar-refractivity contribution in [2.75, 3.05) is 25.5 Å². The largest absolute Gasteiger partial charge is 0.468 e. The Balaban J connectivity index is 2.90. The highest BCUT2D eigenvalue weighted by Gasteiger charge is 2.28. The minimum atomic E-state index is -4.56. The Morgan fingerprint density at radius 2 is 1.91 bits per heavy atom. The van der Waals surface area contributed by atoms with Crippen molar-refractivity contribution in [1.29, 1.82) is 0 Å². The first-order valence-electron chi connectivity index (χ1n) is 6.10. The van der Waals surface area contributed by atoms with E-state index in [9.17, 15) is 27.2 Å². The van der Waals surface area contributed by atoms with E-state index < -0.39 is 30.4 Å². The zero-order valence-corrected chi connectivity index (χ0v) is 11.8. The number of rotatable bonds is 5. The van der Waals surface area contributed by atoms with Crippen LogP contribution in [0.1, 0.15) is 15.9 Å². The van der Waals surface area contributed by atoms with Crippen LogP contribution in [0.25, 0.3) is 0 Å². The molecule has 0 fully saturated rings. The first kappa shape index (κ1) is 17.7. The van der Waals surface area contributed by atoms with Gasteiger partial charge in [-0.1, -0.05) is 0 Å². The third-order valence-electron chi connectivity index (χ3n) is 2.71. The van der Waals surface area contributed by atoms with Crippen molar-refractivity contribution >= 4 is 17.6 Å². The molecule has 0 saturated carbocycles. The lowest BCUT2D eigenvalue weighted by Gasteiger charge is -2.13. The van der Waals surface area contributed by atoms with Gasteiger partial charge in [-0.25, -0.2) is 4.39 Å². The van der Waals surface area contributed by atoms with E-state index >= 15 is 0 Å². The summed E-state index contributed by atoms with van der Waals surface area (Å²) in [7, 11) is 1.17. The van der Waals surface area contributed by atoms with Gasteiger partial charge in [-0.15, -0.1) is 0 Å². The molecule has 0 spiro atoms. The molecular formula is C13H14F4N2O3. The molecule has 5 nitrogen and oxygen atoms in total. The molecule has 0 unspecified atom stereocenters. The Kier molecular flexibility index (Phi) is 5.72. The molecule has 1 amide bonds. The van der Waals surface area contributed by atoms with Crippen LogP contribution in [0.3, 0.4) is 0 Å². The third kappa shape index (κ3) is 5.23. The summed E-state index contributed by atoms with van der Waals surface area (Å²) in [6, 6.07) is 1.98. The van der Waals surface area contributed by atoms with Gasteiger partial charge in [0, 0.05) is 16.8 Å². The highest BCUT2D eigenvalue weighted by atomic mass is 19.4. The minimum Gasteiger partial charge on any atom is -0.468 e. The van der Waals surface area contributed by atoms with E-state index in [1.54, 1.807) is 5.32 Å². The standard InChI is InChI=1S/C13H14F4N2O3/c1-7-9(14)3-8(12(21)19-6-13(15,16)17)4-10(7)18-5-11(20)22-2/h3-4,18H,5-6H2,1-2H3,(H,19,21). The monoisotopic (exact) mass is 322 g/mol. The smallest absolute Gasteiger partial charge is 0.405 e. The van der Waals surface area contributed by atoms with E-state index in [0.717, 1.165) is 12.1 Å². The van der Waals surface area contributed by atoms with Crippen LogP contribution in [-0.4, -0.2) is 38.3 Å². The molecule has 0 atom stereocenters. The number of benzene rings is 1. The second-order valence-corrected chi connectivity index (χ2v) is 4.36. The Labute approximate surface area is 123 Å². The molecule has 0 aliphatic heterocycles. The average molecular weight is 322 g/mol. The van der Waals surface area contributed by atoms with Crippen molar-refractivity contribution in [1.82, 2.24) is 5.32 Å². The normalized spacial score (nSPS) is 11.0. The number of anilines is 1. The Hall–Kier alpha value is -2.32. The molecule has 0 heterocycles. The van der Waals surface area contributed by atoms with Gasteiger partial charge in [0.05, 0.1) is 7.11 Å². The summed E-state index contributed by atoms with van der Waals surface area (Å²) in [6.45, 7) is -0.400. The van der Waals surface area contributed by atoms with Crippen LogP contribution in [0, 0.1) is 12.7 Å². The van der Waals surface area contributed by atoms with Crippen LogP contribution in [0.4, 0.5) is 23.2 Å². The number of alkyl halides is 3. The van der Waals surface area contributed by atoms with Crippen molar-refractivity contribution in [3.8, 4) is 0 Å². The summed E-state index contributed by atoms with van der Waals surface area (Å²) >= 11 is 0. The lowest BCUT2D eigenvalue weighted by atomic mass is 10.1. The molecule has 0 radical (unpaired) electrons. The van der Waals surface area contributed by atoms with Crippen LogP contribution in [0.5, 0.6) is 0 Å². The maximum absolute atomic E-state index is 13.7. The van der Waals surface area contributed by atoms with Gasteiger partial charge in [0.1, 0.15) is 18.9 Å². The molecule has 0 bridgehead atoms. The number of nitrogens with one attached hydrogen (secondary N) is 2. The summed E-state index contributed by atoms with van der Waals surface area (Å²) in [4.78, 5) is 22.6. The van der Waals surface area contributed by atoms with E-state index in [1.165, 1.54) is 14.0 Å². The summed E-state index contributed by atoms with van der Waals surface area (Å²) in [5, 5.41) is 4.19. The number of carbonyl (C=O) groups excluding carboxylic acids is 2. The fraction of sp³-hybridized carbons (Fsp3) is 0.385. The first-order chi connectivity index (χ1) is 10.1. The zero-order chi connectivity index (χ0) is 16.9. The SMILES string of the molecule is COC(=O)CNc1cc(C(=O)NCC(F)(F)F)cc(F)c1C.